The van der Waals surface area contributed by atoms with Crippen LogP contribution in [0.25, 0.3) is 16.8 Å². The van der Waals surface area contributed by atoms with Crippen molar-refractivity contribution in [1.29, 1.82) is 0 Å². The highest BCUT2D eigenvalue weighted by Gasteiger charge is 2.01. The van der Waals surface area contributed by atoms with Gasteiger partial charge in [-0.3, -0.25) is 0 Å². The molecule has 0 aliphatic heterocycles. The van der Waals surface area contributed by atoms with Crippen LogP contribution < -0.4 is 5.73 Å². The molecule has 18 heavy (non-hydrogen) atoms. The normalized spacial score (nSPS) is 10.9. The van der Waals surface area contributed by atoms with Crippen LogP contribution in [0.5, 0.6) is 0 Å². The molecule has 0 aliphatic carbocycles. The average molecular weight is 241 g/mol. The van der Waals surface area contributed by atoms with Crippen molar-refractivity contribution in [3.63, 3.8) is 0 Å². The van der Waals surface area contributed by atoms with E-state index in [9.17, 15) is 4.79 Å². The number of anilines is 1. The first kappa shape index (κ1) is 12.2. The van der Waals surface area contributed by atoms with Crippen molar-refractivity contribution in [3.8, 4) is 0 Å². The van der Waals surface area contributed by atoms with Gasteiger partial charge in [0.05, 0.1) is 6.61 Å². The number of nitrogens with two attached hydrogens (primary N) is 1. The lowest BCUT2D eigenvalue weighted by molar-refractivity contribution is -0.137. The van der Waals surface area contributed by atoms with Gasteiger partial charge >= 0.3 is 5.97 Å². The predicted octanol–water partition coefficient (Wildman–Crippen LogP) is 3.00. The van der Waals surface area contributed by atoms with E-state index in [0.29, 0.717) is 6.61 Å². The quantitative estimate of drug-likeness (QED) is 0.510. The Morgan fingerprint density at radius 3 is 2.72 bits per heavy atom. The molecule has 0 heterocycles. The lowest BCUT2D eigenvalue weighted by Gasteiger charge is -2.04. The first-order chi connectivity index (χ1) is 8.72. The van der Waals surface area contributed by atoms with Gasteiger partial charge in [-0.2, -0.15) is 0 Å². The maximum atomic E-state index is 11.3. The van der Waals surface area contributed by atoms with Crippen LogP contribution in [0.1, 0.15) is 12.5 Å². The second-order valence-electron chi connectivity index (χ2n) is 3.87. The van der Waals surface area contributed by atoms with Crippen molar-refractivity contribution in [2.24, 2.45) is 0 Å². The first-order valence-corrected chi connectivity index (χ1v) is 5.84. The van der Waals surface area contributed by atoms with Gasteiger partial charge in [0, 0.05) is 17.1 Å². The number of nitrogen functional groups attached to an aromatic ring is 1. The number of carbonyl (C=O) groups is 1. The summed E-state index contributed by atoms with van der Waals surface area (Å²) in [6.45, 7) is 2.16. The molecule has 0 atom stereocenters. The van der Waals surface area contributed by atoms with Crippen molar-refractivity contribution in [3.05, 3.63) is 48.0 Å². The van der Waals surface area contributed by atoms with Crippen molar-refractivity contribution in [2.45, 2.75) is 6.92 Å². The number of fused-ring (bicyclic) bond motifs is 1. The highest BCUT2D eigenvalue weighted by atomic mass is 16.5. The summed E-state index contributed by atoms with van der Waals surface area (Å²) in [5.41, 5.74) is 7.60. The zero-order chi connectivity index (χ0) is 13.0. The van der Waals surface area contributed by atoms with Crippen LogP contribution in [0.3, 0.4) is 0 Å². The molecule has 0 spiro atoms. The highest BCUT2D eigenvalue weighted by molar-refractivity contribution is 5.99. The standard InChI is InChI=1S/C15H15NO2/c1-2-18-15(17)10-9-11-5-3-7-13-12(11)6-4-8-14(13)16/h3-10H,2,16H2,1H3. The molecule has 2 aromatic carbocycles. The molecule has 3 heteroatoms. The lowest BCUT2D eigenvalue weighted by Crippen LogP contribution is -1.98. The van der Waals surface area contributed by atoms with Crippen molar-refractivity contribution in [2.75, 3.05) is 12.3 Å². The summed E-state index contributed by atoms with van der Waals surface area (Å²) < 4.78 is 4.85. The van der Waals surface area contributed by atoms with E-state index >= 15 is 0 Å². The van der Waals surface area contributed by atoms with Crippen LogP contribution in [0.15, 0.2) is 42.5 Å². The molecule has 2 N–H and O–H groups in total. The maximum absolute atomic E-state index is 11.3. The van der Waals surface area contributed by atoms with E-state index in [4.69, 9.17) is 10.5 Å². The molecule has 0 fully saturated rings. The van der Waals surface area contributed by atoms with E-state index in [0.717, 1.165) is 22.0 Å². The van der Waals surface area contributed by atoms with E-state index in [1.165, 1.54) is 6.08 Å². The summed E-state index contributed by atoms with van der Waals surface area (Å²) in [4.78, 5) is 11.3. The largest absolute Gasteiger partial charge is 0.463 e. The van der Waals surface area contributed by atoms with Gasteiger partial charge in [-0.1, -0.05) is 30.3 Å². The second kappa shape index (κ2) is 5.36. The van der Waals surface area contributed by atoms with E-state index in [2.05, 4.69) is 0 Å². The second-order valence-corrected chi connectivity index (χ2v) is 3.87. The van der Waals surface area contributed by atoms with Gasteiger partial charge in [0.1, 0.15) is 0 Å². The van der Waals surface area contributed by atoms with Crippen LogP contribution in [-0.2, 0) is 9.53 Å². The van der Waals surface area contributed by atoms with Crippen LogP contribution in [0.2, 0.25) is 0 Å². The Kier molecular flexibility index (Phi) is 3.63. The summed E-state index contributed by atoms with van der Waals surface area (Å²) in [6.07, 6.45) is 3.18. The van der Waals surface area contributed by atoms with Crippen molar-refractivity contribution in [1.82, 2.24) is 0 Å². The topological polar surface area (TPSA) is 52.3 Å². The third-order valence-electron chi connectivity index (χ3n) is 2.68. The molecule has 0 aromatic heterocycles. The first-order valence-electron chi connectivity index (χ1n) is 5.84. The number of hydrogen-bond donors (Lipinski definition) is 1. The molecular formula is C15H15NO2. The van der Waals surface area contributed by atoms with Gasteiger partial charge < -0.3 is 10.5 Å². The van der Waals surface area contributed by atoms with Crippen LogP contribution >= 0.6 is 0 Å². The average Bonchev–Trinajstić information content (AvgIpc) is 2.37. The fraction of sp³-hybridized carbons (Fsp3) is 0.133. The number of carbonyl (C=O) groups excluding carboxylic acids is 1. The van der Waals surface area contributed by atoms with Gasteiger partial charge in [-0.15, -0.1) is 0 Å². The summed E-state index contributed by atoms with van der Waals surface area (Å²) in [6, 6.07) is 11.6. The molecule has 2 aromatic rings. The molecule has 92 valence electrons. The molecule has 0 saturated heterocycles. The molecule has 0 saturated carbocycles. The molecule has 0 bridgehead atoms. The number of ether oxygens (including phenoxy) is 1. The maximum Gasteiger partial charge on any atom is 0.330 e. The van der Waals surface area contributed by atoms with Gasteiger partial charge in [0.25, 0.3) is 0 Å². The summed E-state index contributed by atoms with van der Waals surface area (Å²) in [7, 11) is 0. The lowest BCUT2D eigenvalue weighted by atomic mass is 10.0. The minimum absolute atomic E-state index is 0.335. The van der Waals surface area contributed by atoms with Gasteiger partial charge in [0.2, 0.25) is 0 Å². The summed E-state index contributed by atoms with van der Waals surface area (Å²) in [5.74, 6) is -0.335. The van der Waals surface area contributed by atoms with Crippen LogP contribution in [-0.4, -0.2) is 12.6 Å². The smallest absolute Gasteiger partial charge is 0.330 e. The minimum atomic E-state index is -0.335. The number of benzene rings is 2. The predicted molar refractivity (Wildman–Crippen MR) is 74.0 cm³/mol. The molecular weight excluding hydrogens is 226 g/mol. The summed E-state index contributed by atoms with van der Waals surface area (Å²) >= 11 is 0. The number of hydrogen-bond acceptors (Lipinski definition) is 3. The van der Waals surface area contributed by atoms with Crippen LogP contribution in [0.4, 0.5) is 5.69 Å². The SMILES string of the molecule is CCOC(=O)C=Cc1cccc2c(N)cccc12. The molecule has 2 rings (SSSR count). The Labute approximate surface area is 106 Å². The number of esters is 1. The van der Waals surface area contributed by atoms with Gasteiger partial charge in [-0.25, -0.2) is 4.79 Å². The third kappa shape index (κ3) is 2.51. The van der Waals surface area contributed by atoms with E-state index in [-0.39, 0.29) is 5.97 Å². The zero-order valence-corrected chi connectivity index (χ0v) is 10.2. The fourth-order valence-electron chi connectivity index (χ4n) is 1.85. The third-order valence-corrected chi connectivity index (χ3v) is 2.68. The Morgan fingerprint density at radius 2 is 1.94 bits per heavy atom. The molecule has 3 nitrogen and oxygen atoms in total. The van der Waals surface area contributed by atoms with Gasteiger partial charge in [-0.05, 0) is 30.0 Å². The Morgan fingerprint density at radius 1 is 1.22 bits per heavy atom. The zero-order valence-electron chi connectivity index (χ0n) is 10.2. The number of rotatable bonds is 3. The Hall–Kier alpha value is -2.29. The van der Waals surface area contributed by atoms with Gasteiger partial charge in [0.15, 0.2) is 0 Å². The monoisotopic (exact) mass is 241 g/mol. The minimum Gasteiger partial charge on any atom is -0.463 e. The molecule has 0 aliphatic rings. The highest BCUT2D eigenvalue weighted by Crippen LogP contribution is 2.24. The molecule has 0 amide bonds. The van der Waals surface area contributed by atoms with E-state index in [1.807, 2.05) is 36.4 Å². The fourth-order valence-corrected chi connectivity index (χ4v) is 1.85. The molecule has 0 unspecified atom stereocenters. The van der Waals surface area contributed by atoms with Crippen molar-refractivity contribution < 1.29 is 9.53 Å². The van der Waals surface area contributed by atoms with E-state index < -0.39 is 0 Å². The van der Waals surface area contributed by atoms with Crippen molar-refractivity contribution >= 4 is 28.5 Å². The molecule has 0 radical (unpaired) electrons. The summed E-state index contributed by atoms with van der Waals surface area (Å²) in [5, 5.41) is 2.02. The Balaban J connectivity index is 2.40. The van der Waals surface area contributed by atoms with E-state index in [1.54, 1.807) is 13.0 Å². The Bertz CT molecular complexity index is 602. The van der Waals surface area contributed by atoms with Crippen LogP contribution in [0, 0.1) is 0 Å².